The summed E-state index contributed by atoms with van der Waals surface area (Å²) in [6, 6.07) is 49.7. The highest BCUT2D eigenvalue weighted by Crippen LogP contribution is 2.56. The molecular weight excluding hydrogens is 763 g/mol. The van der Waals surface area contributed by atoms with Gasteiger partial charge in [-0.1, -0.05) is 119 Å². The first-order chi connectivity index (χ1) is 29.6. The van der Waals surface area contributed by atoms with Crippen molar-refractivity contribution in [3.63, 3.8) is 0 Å². The number of para-hydroxylation sites is 3. The smallest absolute Gasteiger partial charge is 0.333 e. The molecule has 0 saturated heterocycles. The Labute approximate surface area is 358 Å². The van der Waals surface area contributed by atoms with Crippen molar-refractivity contribution in [2.45, 2.75) is 58.3 Å². The summed E-state index contributed by atoms with van der Waals surface area (Å²) >= 11 is 1.93. The first kappa shape index (κ1) is 34.2. The van der Waals surface area contributed by atoms with Crippen LogP contribution in [0.3, 0.4) is 0 Å². The number of aryl methyl sites for hydroxylation is 1. The van der Waals surface area contributed by atoms with Gasteiger partial charge < -0.3 is 18.9 Å². The van der Waals surface area contributed by atoms with Gasteiger partial charge in [0.2, 0.25) is 0 Å². The summed E-state index contributed by atoms with van der Waals surface area (Å²) in [4.78, 5) is 2.69. The molecule has 2 aromatic heterocycles. The number of anilines is 2. The molecule has 292 valence electrons. The van der Waals surface area contributed by atoms with Crippen LogP contribution < -0.4 is 25.2 Å². The number of fused-ring (bicyclic) bond motifs is 16. The molecule has 0 spiro atoms. The number of benzene rings is 8. The number of ether oxygens (including phenoxy) is 2. The normalized spacial score (nSPS) is 16.3. The largest absolute Gasteiger partial charge is 0.449 e. The topological polar surface area (TPSA) is 26.6 Å². The Hall–Kier alpha value is -6.50. The summed E-state index contributed by atoms with van der Waals surface area (Å²) in [5.41, 5.74) is 15.6. The van der Waals surface area contributed by atoms with Crippen molar-refractivity contribution in [3.8, 4) is 39.8 Å². The van der Waals surface area contributed by atoms with E-state index in [2.05, 4.69) is 153 Å². The van der Waals surface area contributed by atoms with Crippen molar-refractivity contribution in [1.82, 2.24) is 4.57 Å². The average molecular weight is 805 g/mol. The molecule has 10 aromatic rings. The zero-order valence-corrected chi connectivity index (χ0v) is 35.6. The SMILES string of the molecule is Cc1cc2c(cc1N1B3c4c(cc5c(sc6ccccc65)c4-n4c5c3cccc5c3ccc5ccccc5c34)-c3cc4c(cc31)Oc1ccccc1O4)C(C)(C)CCC2(C)C. The Morgan fingerprint density at radius 3 is 2.03 bits per heavy atom. The maximum Gasteiger partial charge on any atom is 0.333 e. The van der Waals surface area contributed by atoms with Crippen molar-refractivity contribution in [2.75, 3.05) is 4.81 Å². The van der Waals surface area contributed by atoms with E-state index in [9.17, 15) is 0 Å². The molecule has 0 bridgehead atoms. The molecule has 5 heterocycles. The Morgan fingerprint density at radius 2 is 1.23 bits per heavy atom. The van der Waals surface area contributed by atoms with Crippen LogP contribution in [0.4, 0.5) is 11.4 Å². The molecule has 6 heteroatoms. The highest BCUT2D eigenvalue weighted by Gasteiger charge is 2.47. The van der Waals surface area contributed by atoms with Crippen LogP contribution in [0.2, 0.25) is 0 Å². The fourth-order valence-corrected chi connectivity index (χ4v) is 12.9. The lowest BCUT2D eigenvalue weighted by Crippen LogP contribution is -2.60. The quantitative estimate of drug-likeness (QED) is 0.155. The lowest BCUT2D eigenvalue weighted by atomic mass is 9.43. The highest BCUT2D eigenvalue weighted by molar-refractivity contribution is 7.26. The van der Waals surface area contributed by atoms with E-state index in [4.69, 9.17) is 9.47 Å². The highest BCUT2D eigenvalue weighted by atomic mass is 32.1. The minimum Gasteiger partial charge on any atom is -0.449 e. The van der Waals surface area contributed by atoms with Crippen molar-refractivity contribution in [2.24, 2.45) is 0 Å². The Kier molecular flexibility index (Phi) is 6.43. The number of nitrogens with zero attached hydrogens (tertiary/aromatic N) is 2. The van der Waals surface area contributed by atoms with Crippen LogP contribution in [0.1, 0.15) is 57.2 Å². The summed E-state index contributed by atoms with van der Waals surface area (Å²) < 4.78 is 18.8. The first-order valence-electron chi connectivity index (χ1n) is 21.7. The van der Waals surface area contributed by atoms with Crippen molar-refractivity contribution in [3.05, 3.63) is 150 Å². The minimum absolute atomic E-state index is 0.0365. The molecule has 4 aliphatic rings. The molecule has 0 unspecified atom stereocenters. The summed E-state index contributed by atoms with van der Waals surface area (Å²) in [5, 5.41) is 7.68. The van der Waals surface area contributed by atoms with Crippen LogP contribution in [0.5, 0.6) is 23.0 Å². The third-order valence-corrected chi connectivity index (χ3v) is 16.0. The number of hydrogen-bond donors (Lipinski definition) is 0. The van der Waals surface area contributed by atoms with Crippen molar-refractivity contribution in [1.29, 1.82) is 0 Å². The molecule has 61 heavy (non-hydrogen) atoms. The molecule has 1 aliphatic carbocycles. The Balaban J connectivity index is 1.18. The van der Waals surface area contributed by atoms with Gasteiger partial charge >= 0.3 is 6.85 Å². The van der Waals surface area contributed by atoms with Gasteiger partial charge in [0.05, 0.1) is 21.4 Å². The summed E-state index contributed by atoms with van der Waals surface area (Å²) in [5.74, 6) is 2.94. The minimum atomic E-state index is -0.120. The number of rotatable bonds is 1. The predicted octanol–water partition coefficient (Wildman–Crippen LogP) is 14.1. The molecule has 0 saturated carbocycles. The van der Waals surface area contributed by atoms with Crippen LogP contribution in [0, 0.1) is 6.92 Å². The molecule has 0 amide bonds. The molecule has 8 aromatic carbocycles. The van der Waals surface area contributed by atoms with Gasteiger partial charge in [0, 0.05) is 54.6 Å². The fraction of sp³-hybridized carbons (Fsp3) is 0.164. The molecule has 0 N–H and O–H groups in total. The Bertz CT molecular complexity index is 3650. The van der Waals surface area contributed by atoms with Crippen LogP contribution in [0.25, 0.3) is 69.6 Å². The maximum atomic E-state index is 6.76. The lowest BCUT2D eigenvalue weighted by molar-refractivity contribution is 0.332. The second kappa shape index (κ2) is 11.4. The number of aromatic nitrogens is 1. The standard InChI is InChI=1S/C55H41BN2O2S/c1-30-25-39-40(55(4,5)24-23-54(39,2)3)28-42(30)58-43-29-47-46(59-44-18-9-10-19-45(44)60-47)27-36(43)37-26-38-33-15-8-11-20-48(33)61-53(38)52-49(37)56(58)41-17-12-16-34-35-22-21-31-13-6-7-14-32(31)50(35)57(52)51(34)41/h6-22,25-29H,23-24H2,1-5H3. The van der Waals surface area contributed by atoms with Gasteiger partial charge in [-0.2, -0.15) is 0 Å². The van der Waals surface area contributed by atoms with E-state index in [1.165, 1.54) is 104 Å². The van der Waals surface area contributed by atoms with Crippen molar-refractivity contribution < 1.29 is 9.47 Å². The molecular formula is C55H41BN2O2S. The van der Waals surface area contributed by atoms with Gasteiger partial charge in [0.15, 0.2) is 23.0 Å². The van der Waals surface area contributed by atoms with Gasteiger partial charge in [-0.15, -0.1) is 11.3 Å². The Morgan fingerprint density at radius 1 is 0.557 bits per heavy atom. The third kappa shape index (κ3) is 4.36. The summed E-state index contributed by atoms with van der Waals surface area (Å²) in [6.45, 7) is 12.0. The molecule has 4 nitrogen and oxygen atoms in total. The predicted molar refractivity (Wildman–Crippen MR) is 257 cm³/mol. The third-order valence-electron chi connectivity index (χ3n) is 14.8. The van der Waals surface area contributed by atoms with Crippen LogP contribution in [-0.2, 0) is 10.8 Å². The fourth-order valence-electron chi connectivity index (χ4n) is 11.7. The molecule has 0 fully saturated rings. The van der Waals surface area contributed by atoms with E-state index < -0.39 is 0 Å². The molecule has 0 radical (unpaired) electrons. The van der Waals surface area contributed by atoms with Crippen LogP contribution >= 0.6 is 11.3 Å². The van der Waals surface area contributed by atoms with Gasteiger partial charge in [0.25, 0.3) is 0 Å². The van der Waals surface area contributed by atoms with E-state index in [-0.39, 0.29) is 17.7 Å². The molecule has 3 aliphatic heterocycles. The first-order valence-corrected chi connectivity index (χ1v) is 22.5. The van der Waals surface area contributed by atoms with E-state index in [1.807, 2.05) is 35.6 Å². The zero-order chi connectivity index (χ0) is 40.7. The van der Waals surface area contributed by atoms with E-state index in [0.717, 1.165) is 40.7 Å². The van der Waals surface area contributed by atoms with Gasteiger partial charge in [-0.3, -0.25) is 0 Å². The second-order valence-electron chi connectivity index (χ2n) is 19.1. The average Bonchev–Trinajstić information content (AvgIpc) is 3.82. The number of thiophene rings is 1. The van der Waals surface area contributed by atoms with Crippen molar-refractivity contribution >= 4 is 93.2 Å². The van der Waals surface area contributed by atoms with Gasteiger partial charge in [0.1, 0.15) is 0 Å². The molecule has 0 atom stereocenters. The lowest BCUT2D eigenvalue weighted by Gasteiger charge is -2.46. The monoisotopic (exact) mass is 804 g/mol. The summed E-state index contributed by atoms with van der Waals surface area (Å²) in [7, 11) is 0. The van der Waals surface area contributed by atoms with E-state index in [1.54, 1.807) is 0 Å². The van der Waals surface area contributed by atoms with Gasteiger partial charge in [-0.05, 0) is 106 Å². The van der Waals surface area contributed by atoms with Gasteiger partial charge in [-0.25, -0.2) is 0 Å². The van der Waals surface area contributed by atoms with Crippen LogP contribution in [0.15, 0.2) is 133 Å². The van der Waals surface area contributed by atoms with Crippen LogP contribution in [-0.4, -0.2) is 11.4 Å². The maximum absolute atomic E-state index is 6.76. The number of hydrogen-bond acceptors (Lipinski definition) is 4. The zero-order valence-electron chi connectivity index (χ0n) is 34.8. The second-order valence-corrected chi connectivity index (χ2v) is 20.2. The van der Waals surface area contributed by atoms with E-state index >= 15 is 0 Å². The molecule has 14 rings (SSSR count). The summed E-state index contributed by atoms with van der Waals surface area (Å²) in [6.07, 6.45) is 2.33. The van der Waals surface area contributed by atoms with E-state index in [0.29, 0.717) is 0 Å².